The van der Waals surface area contributed by atoms with Gasteiger partial charge in [0, 0.05) is 0 Å². The van der Waals surface area contributed by atoms with E-state index in [0.29, 0.717) is 12.8 Å². The lowest BCUT2D eigenvalue weighted by molar-refractivity contribution is 0.0665. The van der Waals surface area contributed by atoms with Crippen molar-refractivity contribution in [3.05, 3.63) is 24.8 Å². The molecule has 0 aliphatic heterocycles. The molecule has 0 aromatic rings. The molecule has 0 radical (unpaired) electrons. The smallest absolute Gasteiger partial charge is 0.0688 e. The Morgan fingerprint density at radius 2 is 2.10 bits per heavy atom. The molecule has 0 spiro atoms. The van der Waals surface area contributed by atoms with Crippen LogP contribution < -0.4 is 0 Å². The van der Waals surface area contributed by atoms with Crippen molar-refractivity contribution in [2.45, 2.75) is 32.3 Å². The second kappa shape index (κ2) is 4.29. The van der Waals surface area contributed by atoms with Crippen LogP contribution in [-0.2, 0) is 0 Å². The standard InChI is InChI=1S/C9H16O/c1-4-6-8-9(3,10)7-5-2/h4-6,10H,2,7-8H2,1,3H3. The van der Waals surface area contributed by atoms with E-state index in [1.165, 1.54) is 0 Å². The first-order valence-electron chi connectivity index (χ1n) is 3.57. The van der Waals surface area contributed by atoms with E-state index >= 15 is 0 Å². The third-order valence-electron chi connectivity index (χ3n) is 1.38. The van der Waals surface area contributed by atoms with Crippen LogP contribution in [0.4, 0.5) is 0 Å². The van der Waals surface area contributed by atoms with Crippen LogP contribution in [0.2, 0.25) is 0 Å². The summed E-state index contributed by atoms with van der Waals surface area (Å²) >= 11 is 0. The van der Waals surface area contributed by atoms with Gasteiger partial charge in [-0.2, -0.15) is 0 Å². The number of aliphatic hydroxyl groups is 1. The summed E-state index contributed by atoms with van der Waals surface area (Å²) in [6, 6.07) is 0. The van der Waals surface area contributed by atoms with E-state index in [1.807, 2.05) is 26.0 Å². The second-order valence-electron chi connectivity index (χ2n) is 2.76. The normalized spacial score (nSPS) is 17.1. The van der Waals surface area contributed by atoms with Crippen molar-refractivity contribution < 1.29 is 5.11 Å². The topological polar surface area (TPSA) is 20.2 Å². The first-order valence-corrected chi connectivity index (χ1v) is 3.57. The molecule has 1 nitrogen and oxygen atoms in total. The molecule has 0 bridgehead atoms. The van der Waals surface area contributed by atoms with Crippen molar-refractivity contribution in [3.63, 3.8) is 0 Å². The molecule has 0 aliphatic rings. The van der Waals surface area contributed by atoms with Gasteiger partial charge < -0.3 is 5.11 Å². The van der Waals surface area contributed by atoms with Crippen LogP contribution in [0.1, 0.15) is 26.7 Å². The monoisotopic (exact) mass is 140 g/mol. The highest BCUT2D eigenvalue weighted by molar-refractivity contribution is 4.90. The van der Waals surface area contributed by atoms with E-state index in [1.54, 1.807) is 6.08 Å². The van der Waals surface area contributed by atoms with Gasteiger partial charge in [-0.3, -0.25) is 0 Å². The van der Waals surface area contributed by atoms with E-state index in [0.717, 1.165) is 0 Å². The maximum absolute atomic E-state index is 9.52. The molecule has 10 heavy (non-hydrogen) atoms. The van der Waals surface area contributed by atoms with Crippen molar-refractivity contribution in [2.24, 2.45) is 0 Å². The lowest BCUT2D eigenvalue weighted by atomic mass is 9.98. The highest BCUT2D eigenvalue weighted by Crippen LogP contribution is 2.14. The summed E-state index contributed by atoms with van der Waals surface area (Å²) in [5.74, 6) is 0. The highest BCUT2D eigenvalue weighted by Gasteiger charge is 2.15. The zero-order valence-corrected chi connectivity index (χ0v) is 6.80. The first-order chi connectivity index (χ1) is 4.62. The molecule has 1 N–H and O–H groups in total. The Kier molecular flexibility index (Phi) is 4.05. The minimum atomic E-state index is -0.603. The number of rotatable bonds is 4. The molecule has 0 aromatic heterocycles. The highest BCUT2D eigenvalue weighted by atomic mass is 16.3. The third kappa shape index (κ3) is 4.33. The van der Waals surface area contributed by atoms with Gasteiger partial charge in [-0.1, -0.05) is 18.2 Å². The Hall–Kier alpha value is -0.560. The summed E-state index contributed by atoms with van der Waals surface area (Å²) in [4.78, 5) is 0. The van der Waals surface area contributed by atoms with Gasteiger partial charge in [-0.25, -0.2) is 0 Å². The molecule has 0 rings (SSSR count). The molecular weight excluding hydrogens is 124 g/mol. The molecule has 1 atom stereocenters. The molecule has 1 unspecified atom stereocenters. The van der Waals surface area contributed by atoms with Crippen LogP contribution in [-0.4, -0.2) is 10.7 Å². The molecule has 0 amide bonds. The fraction of sp³-hybridized carbons (Fsp3) is 0.556. The van der Waals surface area contributed by atoms with Gasteiger partial charge >= 0.3 is 0 Å². The van der Waals surface area contributed by atoms with Crippen LogP contribution in [0.5, 0.6) is 0 Å². The molecule has 0 aliphatic carbocycles. The Labute approximate surface area is 63.1 Å². The Balaban J connectivity index is 3.73. The van der Waals surface area contributed by atoms with Crippen LogP contribution in [0.25, 0.3) is 0 Å². The maximum atomic E-state index is 9.52. The summed E-state index contributed by atoms with van der Waals surface area (Å²) in [5, 5.41) is 9.52. The number of hydrogen-bond donors (Lipinski definition) is 1. The minimum Gasteiger partial charge on any atom is -0.390 e. The molecule has 0 aromatic carbocycles. The van der Waals surface area contributed by atoms with E-state index in [-0.39, 0.29) is 0 Å². The molecule has 0 fully saturated rings. The van der Waals surface area contributed by atoms with E-state index < -0.39 is 5.60 Å². The van der Waals surface area contributed by atoms with Crippen LogP contribution in [0.3, 0.4) is 0 Å². The molecule has 0 heterocycles. The van der Waals surface area contributed by atoms with Crippen LogP contribution in [0.15, 0.2) is 24.8 Å². The fourth-order valence-electron chi connectivity index (χ4n) is 0.766. The zero-order chi connectivity index (χ0) is 8.04. The average Bonchev–Trinajstić information content (AvgIpc) is 1.84. The number of allylic oxidation sites excluding steroid dienone is 1. The summed E-state index contributed by atoms with van der Waals surface area (Å²) in [6.07, 6.45) is 7.00. The third-order valence-corrected chi connectivity index (χ3v) is 1.38. The first kappa shape index (κ1) is 9.44. The van der Waals surface area contributed by atoms with Crippen LogP contribution >= 0.6 is 0 Å². The van der Waals surface area contributed by atoms with Gasteiger partial charge in [0.2, 0.25) is 0 Å². The van der Waals surface area contributed by atoms with Gasteiger partial charge in [0.05, 0.1) is 5.60 Å². The van der Waals surface area contributed by atoms with E-state index in [2.05, 4.69) is 6.58 Å². The van der Waals surface area contributed by atoms with Crippen molar-refractivity contribution in [1.82, 2.24) is 0 Å². The van der Waals surface area contributed by atoms with Gasteiger partial charge in [-0.05, 0) is 26.7 Å². The predicted molar refractivity (Wildman–Crippen MR) is 44.9 cm³/mol. The summed E-state index contributed by atoms with van der Waals surface area (Å²) < 4.78 is 0. The lowest BCUT2D eigenvalue weighted by Crippen LogP contribution is -2.21. The van der Waals surface area contributed by atoms with E-state index in [9.17, 15) is 5.11 Å². The molecule has 58 valence electrons. The van der Waals surface area contributed by atoms with Crippen molar-refractivity contribution >= 4 is 0 Å². The van der Waals surface area contributed by atoms with Gasteiger partial charge in [-0.15, -0.1) is 6.58 Å². The van der Waals surface area contributed by atoms with Crippen molar-refractivity contribution in [2.75, 3.05) is 0 Å². The average molecular weight is 140 g/mol. The molecular formula is C9H16O. The minimum absolute atomic E-state index is 0.603. The van der Waals surface area contributed by atoms with Crippen molar-refractivity contribution in [1.29, 1.82) is 0 Å². The Morgan fingerprint density at radius 1 is 1.50 bits per heavy atom. The molecule has 1 heteroatoms. The summed E-state index contributed by atoms with van der Waals surface area (Å²) in [5.41, 5.74) is -0.603. The van der Waals surface area contributed by atoms with E-state index in [4.69, 9.17) is 0 Å². The summed E-state index contributed by atoms with van der Waals surface area (Å²) in [6.45, 7) is 7.33. The van der Waals surface area contributed by atoms with Gasteiger partial charge in [0.25, 0.3) is 0 Å². The Bertz CT molecular complexity index is 123. The van der Waals surface area contributed by atoms with Gasteiger partial charge in [0.15, 0.2) is 0 Å². The SMILES string of the molecule is C=CCC(C)(O)CC=CC. The predicted octanol–water partition coefficient (Wildman–Crippen LogP) is 2.28. The van der Waals surface area contributed by atoms with Crippen molar-refractivity contribution in [3.8, 4) is 0 Å². The quantitative estimate of drug-likeness (QED) is 0.594. The maximum Gasteiger partial charge on any atom is 0.0688 e. The summed E-state index contributed by atoms with van der Waals surface area (Å²) in [7, 11) is 0. The van der Waals surface area contributed by atoms with Gasteiger partial charge in [0.1, 0.15) is 0 Å². The second-order valence-corrected chi connectivity index (χ2v) is 2.76. The Morgan fingerprint density at radius 3 is 2.50 bits per heavy atom. The fourth-order valence-corrected chi connectivity index (χ4v) is 0.766. The van der Waals surface area contributed by atoms with Crippen LogP contribution in [0, 0.1) is 0 Å². The number of hydrogen-bond acceptors (Lipinski definition) is 1. The lowest BCUT2D eigenvalue weighted by Gasteiger charge is -2.18. The zero-order valence-electron chi connectivity index (χ0n) is 6.80. The largest absolute Gasteiger partial charge is 0.390 e. The molecule has 0 saturated heterocycles. The molecule has 0 saturated carbocycles.